The summed E-state index contributed by atoms with van der Waals surface area (Å²) in [5.74, 6) is 0. The summed E-state index contributed by atoms with van der Waals surface area (Å²) in [7, 11) is -1.59. The first-order chi connectivity index (χ1) is 8.04. The first-order valence-electron chi connectivity index (χ1n) is 5.76. The van der Waals surface area contributed by atoms with E-state index in [1.165, 1.54) is 5.56 Å². The highest BCUT2D eigenvalue weighted by Crippen LogP contribution is 2.00. The first-order valence-corrected chi connectivity index (χ1v) is 9.17. The quantitative estimate of drug-likeness (QED) is 0.458. The zero-order chi connectivity index (χ0) is 12.3. The van der Waals surface area contributed by atoms with E-state index in [1.807, 2.05) is 35.3 Å². The fraction of sp³-hybridized carbons (Fsp3) is 0.308. The maximum absolute atomic E-state index is 5.93. The number of nitrogens with zero attached hydrogens (tertiary/aromatic N) is 2. The zero-order valence-corrected chi connectivity index (χ0v) is 11.6. The maximum atomic E-state index is 5.93. The predicted octanol–water partition coefficient (Wildman–Crippen LogP) is 1.89. The van der Waals surface area contributed by atoms with E-state index < -0.39 is 8.32 Å². The van der Waals surface area contributed by atoms with Crippen LogP contribution in [0.2, 0.25) is 19.6 Å². The molecule has 0 atom stereocenters. The van der Waals surface area contributed by atoms with Gasteiger partial charge in [-0.15, -0.1) is 4.68 Å². The molecular weight excluding hydrogens is 228 g/mol. The van der Waals surface area contributed by atoms with Crippen molar-refractivity contribution < 1.29 is 9.21 Å². The standard InChI is InChI=1S/C13H18N2OSi/c1-17(2,3)16-15-11-7-10-14(15)12-13-8-5-4-6-9-13/h4-6,8-11H,12H2,1-3H3. The number of hydrogen-bond acceptors (Lipinski definition) is 1. The van der Waals surface area contributed by atoms with E-state index in [1.54, 1.807) is 4.85 Å². The van der Waals surface area contributed by atoms with Crippen molar-refractivity contribution >= 4 is 8.32 Å². The lowest BCUT2D eigenvalue weighted by molar-refractivity contribution is -0.787. The average Bonchev–Trinajstić information content (AvgIpc) is 2.65. The number of benzene rings is 1. The Kier molecular flexibility index (Phi) is 3.33. The van der Waals surface area contributed by atoms with E-state index in [-0.39, 0.29) is 0 Å². The molecular formula is C13H18N2OSi. The van der Waals surface area contributed by atoms with Crippen molar-refractivity contribution in [2.75, 3.05) is 0 Å². The Labute approximate surface area is 103 Å². The Morgan fingerprint density at radius 3 is 2.59 bits per heavy atom. The second-order valence-corrected chi connectivity index (χ2v) is 9.42. The summed E-state index contributed by atoms with van der Waals surface area (Å²) in [6, 6.07) is 13.4. The molecule has 2 rings (SSSR count). The van der Waals surface area contributed by atoms with Crippen LogP contribution in [-0.4, -0.2) is 13.2 Å². The number of rotatable bonds is 4. The molecule has 0 unspecified atom stereocenters. The van der Waals surface area contributed by atoms with Crippen molar-refractivity contribution in [3.8, 4) is 0 Å². The molecule has 0 fully saturated rings. The Hall–Kier alpha value is -1.55. The molecule has 0 spiro atoms. The van der Waals surface area contributed by atoms with E-state index in [9.17, 15) is 0 Å². The molecule has 0 aliphatic heterocycles. The molecule has 17 heavy (non-hydrogen) atoms. The molecule has 0 amide bonds. The third-order valence-electron chi connectivity index (χ3n) is 2.22. The van der Waals surface area contributed by atoms with Crippen LogP contribution in [0.15, 0.2) is 42.7 Å². The smallest absolute Gasteiger partial charge is 0.283 e. The van der Waals surface area contributed by atoms with Crippen LogP contribution in [0.4, 0.5) is 0 Å². The van der Waals surface area contributed by atoms with Crippen LogP contribution in [0.5, 0.6) is 0 Å². The van der Waals surface area contributed by atoms with Gasteiger partial charge in [-0.2, -0.15) is 0 Å². The van der Waals surface area contributed by atoms with Crippen molar-refractivity contribution in [2.45, 2.75) is 26.2 Å². The number of aromatic nitrogens is 2. The molecule has 0 saturated carbocycles. The van der Waals surface area contributed by atoms with Crippen molar-refractivity contribution in [1.82, 2.24) is 4.85 Å². The highest BCUT2D eigenvalue weighted by Gasteiger charge is 2.19. The van der Waals surface area contributed by atoms with E-state index >= 15 is 0 Å². The fourth-order valence-electron chi connectivity index (χ4n) is 1.56. The van der Waals surface area contributed by atoms with Crippen LogP contribution in [0.3, 0.4) is 0 Å². The Morgan fingerprint density at radius 1 is 1.24 bits per heavy atom. The summed E-state index contributed by atoms with van der Waals surface area (Å²) in [6.45, 7) is 7.30. The lowest BCUT2D eigenvalue weighted by Crippen LogP contribution is -2.51. The van der Waals surface area contributed by atoms with Gasteiger partial charge in [0.05, 0.1) is 0 Å². The fourth-order valence-corrected chi connectivity index (χ4v) is 2.28. The Morgan fingerprint density at radius 2 is 1.94 bits per heavy atom. The molecule has 3 nitrogen and oxygen atoms in total. The minimum atomic E-state index is -1.59. The van der Waals surface area contributed by atoms with Gasteiger partial charge in [0.2, 0.25) is 0 Å². The van der Waals surface area contributed by atoms with Crippen molar-refractivity contribution in [3.63, 3.8) is 0 Å². The third-order valence-corrected chi connectivity index (χ3v) is 2.95. The second-order valence-electron chi connectivity index (χ2n) is 5.01. The van der Waals surface area contributed by atoms with Crippen LogP contribution in [-0.2, 0) is 6.54 Å². The summed E-state index contributed by atoms with van der Waals surface area (Å²) < 4.78 is 7.95. The summed E-state index contributed by atoms with van der Waals surface area (Å²) in [4.78, 5) is 1.79. The van der Waals surface area contributed by atoms with Gasteiger partial charge in [-0.1, -0.05) is 36.5 Å². The van der Waals surface area contributed by atoms with Gasteiger partial charge in [-0.25, -0.2) is 0 Å². The molecule has 0 bridgehead atoms. The van der Waals surface area contributed by atoms with Crippen molar-refractivity contribution in [3.05, 3.63) is 54.4 Å². The molecule has 1 heterocycles. The summed E-state index contributed by atoms with van der Waals surface area (Å²) in [6.07, 6.45) is 3.74. The molecule has 4 heteroatoms. The van der Waals surface area contributed by atoms with E-state index in [0.29, 0.717) is 0 Å². The van der Waals surface area contributed by atoms with Gasteiger partial charge in [0, 0.05) is 11.8 Å². The second kappa shape index (κ2) is 4.75. The highest BCUT2D eigenvalue weighted by atomic mass is 28.4. The molecule has 2 aromatic rings. The molecule has 0 aliphatic carbocycles. The van der Waals surface area contributed by atoms with Gasteiger partial charge in [0.25, 0.3) is 8.32 Å². The van der Waals surface area contributed by atoms with E-state index in [4.69, 9.17) is 4.53 Å². The minimum Gasteiger partial charge on any atom is -0.432 e. The van der Waals surface area contributed by atoms with E-state index in [2.05, 4.69) is 37.8 Å². The molecule has 0 radical (unpaired) electrons. The van der Waals surface area contributed by atoms with Gasteiger partial charge in [-0.3, -0.25) is 0 Å². The van der Waals surface area contributed by atoms with E-state index in [0.717, 1.165) is 6.54 Å². The maximum Gasteiger partial charge on any atom is 0.283 e. The first kappa shape index (κ1) is 11.9. The lowest BCUT2D eigenvalue weighted by atomic mass is 10.2. The summed E-state index contributed by atoms with van der Waals surface area (Å²) >= 11 is 0. The molecule has 0 N–H and O–H groups in total. The lowest BCUT2D eigenvalue weighted by Gasteiger charge is -2.18. The summed E-state index contributed by atoms with van der Waals surface area (Å²) in [5.41, 5.74) is 1.25. The minimum absolute atomic E-state index is 0.800. The monoisotopic (exact) mass is 246 g/mol. The average molecular weight is 246 g/mol. The van der Waals surface area contributed by atoms with Crippen LogP contribution in [0.1, 0.15) is 5.56 Å². The third kappa shape index (κ3) is 3.46. The molecule has 1 aromatic carbocycles. The van der Waals surface area contributed by atoms with Crippen LogP contribution < -0.4 is 9.21 Å². The SMILES string of the molecule is C[Si](C)(C)On1c[c-]c[n+]1Cc1ccccc1. The molecule has 0 saturated heterocycles. The van der Waals surface area contributed by atoms with Gasteiger partial charge >= 0.3 is 0 Å². The van der Waals surface area contributed by atoms with Crippen LogP contribution in [0, 0.1) is 6.07 Å². The van der Waals surface area contributed by atoms with Crippen LogP contribution in [0.25, 0.3) is 0 Å². The van der Waals surface area contributed by atoms with Gasteiger partial charge in [-0.05, 0) is 24.5 Å². The Balaban J connectivity index is 2.15. The largest absolute Gasteiger partial charge is 0.432 e. The van der Waals surface area contributed by atoms with Gasteiger partial charge in [0.15, 0.2) is 6.54 Å². The molecule has 1 aromatic heterocycles. The predicted molar refractivity (Wildman–Crippen MR) is 68.9 cm³/mol. The Bertz CT molecular complexity index is 474. The highest BCUT2D eigenvalue weighted by molar-refractivity contribution is 6.69. The number of hydrogen-bond donors (Lipinski definition) is 0. The van der Waals surface area contributed by atoms with Crippen LogP contribution >= 0.6 is 0 Å². The molecule has 0 aliphatic rings. The van der Waals surface area contributed by atoms with Crippen molar-refractivity contribution in [2.24, 2.45) is 0 Å². The van der Waals surface area contributed by atoms with Crippen molar-refractivity contribution in [1.29, 1.82) is 0 Å². The normalized spacial score (nSPS) is 11.5. The topological polar surface area (TPSA) is 18.0 Å². The van der Waals surface area contributed by atoms with Gasteiger partial charge in [0.1, 0.15) is 0 Å². The zero-order valence-electron chi connectivity index (χ0n) is 10.6. The summed E-state index contributed by atoms with van der Waals surface area (Å²) in [5, 5.41) is 0. The van der Waals surface area contributed by atoms with Gasteiger partial charge < -0.3 is 10.6 Å². The molecule has 90 valence electrons.